The normalized spacial score (nSPS) is 10.2. The van der Waals surface area contributed by atoms with Crippen molar-refractivity contribution >= 4 is 5.91 Å². The Kier molecular flexibility index (Phi) is 6.22. The lowest BCUT2D eigenvalue weighted by atomic mass is 10.2. The summed E-state index contributed by atoms with van der Waals surface area (Å²) < 4.78 is 5.52. The highest BCUT2D eigenvalue weighted by molar-refractivity contribution is 5.76. The molecule has 0 saturated carbocycles. The second-order valence-electron chi connectivity index (χ2n) is 4.11. The van der Waals surface area contributed by atoms with Gasteiger partial charge in [-0.25, -0.2) is 0 Å². The monoisotopic (exact) mass is 251 g/mol. The van der Waals surface area contributed by atoms with E-state index in [1.165, 1.54) is 0 Å². The average Bonchev–Trinajstić information content (AvgIpc) is 2.36. The Hall–Kier alpha value is -1.55. The number of aryl methyl sites for hydroxylation is 1. The molecule has 0 bridgehead atoms. The van der Waals surface area contributed by atoms with E-state index in [0.717, 1.165) is 11.3 Å². The second-order valence-corrected chi connectivity index (χ2v) is 4.11. The van der Waals surface area contributed by atoms with E-state index < -0.39 is 0 Å². The van der Waals surface area contributed by atoms with Crippen molar-refractivity contribution < 1.29 is 14.6 Å². The van der Waals surface area contributed by atoms with Crippen molar-refractivity contribution in [2.75, 3.05) is 26.3 Å². The average molecular weight is 251 g/mol. The molecule has 0 unspecified atom stereocenters. The van der Waals surface area contributed by atoms with Crippen molar-refractivity contribution in [1.29, 1.82) is 0 Å². The number of aliphatic hydroxyl groups excluding tert-OH is 1. The molecule has 100 valence electrons. The van der Waals surface area contributed by atoms with Crippen LogP contribution >= 0.6 is 0 Å². The number of carbonyl (C=O) groups is 1. The molecule has 4 nitrogen and oxygen atoms in total. The summed E-state index contributed by atoms with van der Waals surface area (Å²) in [6, 6.07) is 7.74. The van der Waals surface area contributed by atoms with Crippen LogP contribution in [0.4, 0.5) is 0 Å². The zero-order valence-electron chi connectivity index (χ0n) is 11.1. The highest BCUT2D eigenvalue weighted by atomic mass is 16.5. The molecule has 0 saturated heterocycles. The standard InChI is InChI=1S/C14H21NO3/c1-3-15(8-9-16)14(17)7-10-18-13-6-4-5-12(2)11-13/h4-6,11,16H,3,7-10H2,1-2H3. The molecular weight excluding hydrogens is 230 g/mol. The minimum Gasteiger partial charge on any atom is -0.493 e. The van der Waals surface area contributed by atoms with Gasteiger partial charge >= 0.3 is 0 Å². The maximum atomic E-state index is 11.8. The fourth-order valence-corrected chi connectivity index (χ4v) is 1.70. The Morgan fingerprint density at radius 3 is 2.83 bits per heavy atom. The van der Waals surface area contributed by atoms with Crippen LogP contribution in [0, 0.1) is 6.92 Å². The van der Waals surface area contributed by atoms with Gasteiger partial charge in [-0.3, -0.25) is 4.79 Å². The summed E-state index contributed by atoms with van der Waals surface area (Å²) in [5.74, 6) is 0.798. The summed E-state index contributed by atoms with van der Waals surface area (Å²) in [6.07, 6.45) is 0.335. The van der Waals surface area contributed by atoms with Crippen LogP contribution in [0.5, 0.6) is 5.75 Å². The van der Waals surface area contributed by atoms with Gasteiger partial charge in [0.2, 0.25) is 5.91 Å². The van der Waals surface area contributed by atoms with Gasteiger partial charge in [-0.15, -0.1) is 0 Å². The van der Waals surface area contributed by atoms with Crippen LogP contribution < -0.4 is 4.74 Å². The topological polar surface area (TPSA) is 49.8 Å². The molecule has 18 heavy (non-hydrogen) atoms. The van der Waals surface area contributed by atoms with Gasteiger partial charge in [-0.2, -0.15) is 0 Å². The van der Waals surface area contributed by atoms with E-state index in [4.69, 9.17) is 9.84 Å². The molecule has 0 aliphatic rings. The minimum atomic E-state index is -0.00167. The Morgan fingerprint density at radius 1 is 1.44 bits per heavy atom. The molecule has 0 atom stereocenters. The third-order valence-electron chi connectivity index (χ3n) is 2.68. The summed E-state index contributed by atoms with van der Waals surface area (Å²) in [6.45, 7) is 5.26. The second kappa shape index (κ2) is 7.71. The SMILES string of the molecule is CCN(CCO)C(=O)CCOc1cccc(C)c1. The molecular formula is C14H21NO3. The first kappa shape index (κ1) is 14.5. The summed E-state index contributed by atoms with van der Waals surface area (Å²) in [7, 11) is 0. The Labute approximate surface area is 108 Å². The lowest BCUT2D eigenvalue weighted by Crippen LogP contribution is -2.34. The van der Waals surface area contributed by atoms with Gasteiger partial charge in [0.25, 0.3) is 0 Å². The molecule has 1 aromatic carbocycles. The highest BCUT2D eigenvalue weighted by Gasteiger charge is 2.10. The molecule has 1 N–H and O–H groups in total. The first-order valence-corrected chi connectivity index (χ1v) is 6.25. The van der Waals surface area contributed by atoms with Gasteiger partial charge in [0.05, 0.1) is 19.6 Å². The Bertz CT molecular complexity index is 379. The van der Waals surface area contributed by atoms with Gasteiger partial charge in [-0.05, 0) is 31.5 Å². The predicted molar refractivity (Wildman–Crippen MR) is 70.6 cm³/mol. The quantitative estimate of drug-likeness (QED) is 0.801. The molecule has 1 amide bonds. The van der Waals surface area contributed by atoms with Crippen LogP contribution in [0.2, 0.25) is 0 Å². The number of benzene rings is 1. The van der Waals surface area contributed by atoms with Gasteiger partial charge in [0.15, 0.2) is 0 Å². The maximum Gasteiger partial charge on any atom is 0.226 e. The highest BCUT2D eigenvalue weighted by Crippen LogP contribution is 2.12. The van der Waals surface area contributed by atoms with E-state index in [9.17, 15) is 4.79 Å². The Morgan fingerprint density at radius 2 is 2.22 bits per heavy atom. The Balaban J connectivity index is 2.35. The van der Waals surface area contributed by atoms with Gasteiger partial charge < -0.3 is 14.7 Å². The minimum absolute atomic E-state index is 0.00167. The van der Waals surface area contributed by atoms with Crippen LogP contribution in [-0.4, -0.2) is 42.2 Å². The van der Waals surface area contributed by atoms with Crippen LogP contribution in [0.1, 0.15) is 18.9 Å². The number of amides is 1. The summed E-state index contributed by atoms with van der Waals surface area (Å²) >= 11 is 0. The van der Waals surface area contributed by atoms with Crippen LogP contribution in [0.25, 0.3) is 0 Å². The molecule has 0 heterocycles. The molecule has 0 aromatic heterocycles. The fraction of sp³-hybridized carbons (Fsp3) is 0.500. The molecule has 0 radical (unpaired) electrons. The van der Waals surface area contributed by atoms with Crippen LogP contribution in [0.3, 0.4) is 0 Å². The third-order valence-corrected chi connectivity index (χ3v) is 2.68. The van der Waals surface area contributed by atoms with E-state index in [2.05, 4.69) is 0 Å². The predicted octanol–water partition coefficient (Wildman–Crippen LogP) is 1.60. The van der Waals surface area contributed by atoms with Gasteiger partial charge in [-0.1, -0.05) is 12.1 Å². The molecule has 0 aliphatic heterocycles. The lowest BCUT2D eigenvalue weighted by molar-refractivity contribution is -0.132. The van der Waals surface area contributed by atoms with E-state index in [1.54, 1.807) is 4.90 Å². The molecule has 1 aromatic rings. The summed E-state index contributed by atoms with van der Waals surface area (Å²) in [5.41, 5.74) is 1.13. The van der Waals surface area contributed by atoms with Crippen molar-refractivity contribution in [2.24, 2.45) is 0 Å². The third kappa shape index (κ3) is 4.75. The molecule has 4 heteroatoms. The first-order valence-electron chi connectivity index (χ1n) is 6.25. The lowest BCUT2D eigenvalue weighted by Gasteiger charge is -2.19. The van der Waals surface area contributed by atoms with E-state index in [1.807, 2.05) is 38.1 Å². The number of rotatable bonds is 7. The molecule has 0 spiro atoms. The van der Waals surface area contributed by atoms with Crippen molar-refractivity contribution in [3.05, 3.63) is 29.8 Å². The van der Waals surface area contributed by atoms with Crippen molar-refractivity contribution in [2.45, 2.75) is 20.3 Å². The summed E-state index contributed by atoms with van der Waals surface area (Å²) in [5, 5.41) is 8.83. The zero-order valence-corrected chi connectivity index (χ0v) is 11.1. The van der Waals surface area contributed by atoms with Crippen molar-refractivity contribution in [1.82, 2.24) is 4.90 Å². The van der Waals surface area contributed by atoms with E-state index in [-0.39, 0.29) is 12.5 Å². The van der Waals surface area contributed by atoms with Crippen molar-refractivity contribution in [3.63, 3.8) is 0 Å². The number of aliphatic hydroxyl groups is 1. The number of carbonyl (C=O) groups excluding carboxylic acids is 1. The number of hydrogen-bond acceptors (Lipinski definition) is 3. The van der Waals surface area contributed by atoms with E-state index in [0.29, 0.717) is 26.1 Å². The summed E-state index contributed by atoms with van der Waals surface area (Å²) in [4.78, 5) is 13.4. The molecule has 0 aliphatic carbocycles. The van der Waals surface area contributed by atoms with Gasteiger partial charge in [0, 0.05) is 13.1 Å². The van der Waals surface area contributed by atoms with E-state index >= 15 is 0 Å². The number of hydrogen-bond donors (Lipinski definition) is 1. The molecule has 0 fully saturated rings. The largest absolute Gasteiger partial charge is 0.493 e. The van der Waals surface area contributed by atoms with Crippen molar-refractivity contribution in [3.8, 4) is 5.75 Å². The molecule has 1 rings (SSSR count). The fourth-order valence-electron chi connectivity index (χ4n) is 1.70. The number of likely N-dealkylation sites (N-methyl/N-ethyl adjacent to an activating group) is 1. The zero-order chi connectivity index (χ0) is 13.4. The van der Waals surface area contributed by atoms with Crippen LogP contribution in [-0.2, 0) is 4.79 Å². The maximum absolute atomic E-state index is 11.8. The first-order chi connectivity index (χ1) is 8.67. The smallest absolute Gasteiger partial charge is 0.226 e. The number of nitrogens with zero attached hydrogens (tertiary/aromatic N) is 1. The van der Waals surface area contributed by atoms with Crippen LogP contribution in [0.15, 0.2) is 24.3 Å². The van der Waals surface area contributed by atoms with Gasteiger partial charge in [0.1, 0.15) is 5.75 Å². The number of ether oxygens (including phenoxy) is 1.